The number of anilines is 2. The summed E-state index contributed by atoms with van der Waals surface area (Å²) < 4.78 is 0. The summed E-state index contributed by atoms with van der Waals surface area (Å²) in [6, 6.07) is 3.78. The maximum atomic E-state index is 12.3. The molecule has 0 unspecified atom stereocenters. The number of carbonyl (C=O) groups is 3. The van der Waals surface area contributed by atoms with Crippen LogP contribution in [0.3, 0.4) is 0 Å². The van der Waals surface area contributed by atoms with Crippen LogP contribution in [0.4, 0.5) is 11.6 Å². The molecule has 0 radical (unpaired) electrons. The van der Waals surface area contributed by atoms with Gasteiger partial charge in [-0.05, 0) is 30.7 Å². The van der Waals surface area contributed by atoms with Gasteiger partial charge in [0.25, 0.3) is 5.56 Å². The van der Waals surface area contributed by atoms with E-state index in [9.17, 15) is 24.4 Å². The summed E-state index contributed by atoms with van der Waals surface area (Å²) in [6.07, 6.45) is 0.327. The lowest BCUT2D eigenvalue weighted by Crippen LogP contribution is -2.41. The number of nitrogens with two attached hydrogens (primary N) is 1. The minimum atomic E-state index is -1.81. The van der Waals surface area contributed by atoms with Crippen LogP contribution in [0.5, 0.6) is 0 Å². The molecular formula is C19H18N7O7-. The second-order valence-corrected chi connectivity index (χ2v) is 6.83. The molecule has 0 bridgehead atoms. The zero-order valence-electron chi connectivity index (χ0n) is 16.9. The van der Waals surface area contributed by atoms with Gasteiger partial charge in [0.05, 0.1) is 18.4 Å². The number of aromatic nitrogens is 4. The van der Waals surface area contributed by atoms with E-state index < -0.39 is 42.3 Å². The average Bonchev–Trinajstić information content (AvgIpc) is 2.77. The van der Waals surface area contributed by atoms with Gasteiger partial charge in [-0.1, -0.05) is 0 Å². The normalized spacial score (nSPS) is 11.7. The summed E-state index contributed by atoms with van der Waals surface area (Å²) >= 11 is 0. The van der Waals surface area contributed by atoms with Crippen molar-refractivity contribution < 1.29 is 24.6 Å². The van der Waals surface area contributed by atoms with Crippen molar-refractivity contribution >= 4 is 40.6 Å². The fourth-order valence-corrected chi connectivity index (χ4v) is 2.85. The van der Waals surface area contributed by atoms with Crippen molar-refractivity contribution in [2.45, 2.75) is 25.4 Å². The molecule has 1 amide bonds. The van der Waals surface area contributed by atoms with Crippen molar-refractivity contribution in [3.05, 3.63) is 57.3 Å². The number of carboxylic acids is 2. The third-order valence-electron chi connectivity index (χ3n) is 4.49. The van der Waals surface area contributed by atoms with E-state index in [0.717, 1.165) is 0 Å². The van der Waals surface area contributed by atoms with Crippen LogP contribution in [-0.4, -0.2) is 59.1 Å². The predicted molar refractivity (Wildman–Crippen MR) is 114 cm³/mol. The topological polar surface area (TPSA) is 228 Å². The Kier molecular flexibility index (Phi) is 6.78. The number of rotatable bonds is 9. The molecule has 14 heteroatoms. The van der Waals surface area contributed by atoms with Gasteiger partial charge in [-0.15, -0.1) is 0 Å². The molecule has 6 N–H and O–H groups in total. The molecule has 0 fully saturated rings. The molecule has 0 aliphatic carbocycles. The van der Waals surface area contributed by atoms with Gasteiger partial charge in [-0.2, -0.15) is 4.98 Å². The van der Waals surface area contributed by atoms with Crippen LogP contribution >= 0.6 is 0 Å². The molecule has 2 heterocycles. The molecule has 3 rings (SSSR count). The van der Waals surface area contributed by atoms with E-state index in [1.807, 2.05) is 0 Å². The zero-order valence-corrected chi connectivity index (χ0v) is 16.9. The first kappa shape index (κ1) is 23.1. The number of amides is 1. The summed E-state index contributed by atoms with van der Waals surface area (Å²) in [6.45, 7) is 0.171. The van der Waals surface area contributed by atoms with Crippen molar-refractivity contribution in [1.82, 2.24) is 25.0 Å². The summed E-state index contributed by atoms with van der Waals surface area (Å²) in [5, 5.41) is 32.7. The largest absolute Gasteiger partial charge is 0.755 e. The van der Waals surface area contributed by atoms with Gasteiger partial charge in [0.15, 0.2) is 11.2 Å². The maximum Gasteiger partial charge on any atom is 0.325 e. The van der Waals surface area contributed by atoms with Crippen LogP contribution in [0.2, 0.25) is 0 Å². The minimum absolute atomic E-state index is 0.0239. The molecular weight excluding hydrogens is 438 g/mol. The lowest BCUT2D eigenvalue weighted by Gasteiger charge is -2.34. The van der Waals surface area contributed by atoms with Gasteiger partial charge in [-0.25, -0.2) is 9.97 Å². The summed E-state index contributed by atoms with van der Waals surface area (Å²) in [7, 11) is 0. The van der Waals surface area contributed by atoms with Gasteiger partial charge < -0.3 is 31.5 Å². The van der Waals surface area contributed by atoms with Crippen LogP contribution in [-0.2, 0) is 16.1 Å². The average molecular weight is 456 g/mol. The molecule has 14 nitrogen and oxygen atoms in total. The second-order valence-electron chi connectivity index (χ2n) is 6.83. The Morgan fingerprint density at radius 2 is 1.88 bits per heavy atom. The van der Waals surface area contributed by atoms with E-state index in [0.29, 0.717) is 11.4 Å². The molecule has 0 saturated carbocycles. The lowest BCUT2D eigenvalue weighted by atomic mass is 10.1. The number of nitrogens with one attached hydrogen (secondary N) is 2. The number of hydrogen-bond acceptors (Lipinski definition) is 10. The summed E-state index contributed by atoms with van der Waals surface area (Å²) in [5.41, 5.74) is 5.95. The Balaban J connectivity index is 1.66. The van der Waals surface area contributed by atoms with Crippen molar-refractivity contribution in [2.24, 2.45) is 0 Å². The van der Waals surface area contributed by atoms with Crippen LogP contribution in [0.15, 0.2) is 35.3 Å². The fourth-order valence-electron chi connectivity index (χ4n) is 2.85. The molecule has 1 aromatic carbocycles. The Morgan fingerprint density at radius 1 is 1.18 bits per heavy atom. The number of aromatic amines is 1. The third kappa shape index (κ3) is 5.56. The molecule has 1 atom stereocenters. The number of aliphatic carboxylic acids is 2. The van der Waals surface area contributed by atoms with Crippen molar-refractivity contribution in [3.63, 3.8) is 0 Å². The zero-order chi connectivity index (χ0) is 24.1. The number of fused-ring (bicyclic) bond motifs is 1. The van der Waals surface area contributed by atoms with E-state index in [4.69, 9.17) is 15.9 Å². The number of nitrogen functional groups attached to an aromatic ring is 1. The number of nitrogens with zero attached hydrogens (tertiary/aromatic N) is 4. The van der Waals surface area contributed by atoms with Crippen LogP contribution in [0, 0.1) is 5.21 Å². The summed E-state index contributed by atoms with van der Waals surface area (Å²) in [5.74, 6) is -4.05. The van der Waals surface area contributed by atoms with Gasteiger partial charge in [0, 0.05) is 17.7 Å². The quantitative estimate of drug-likeness (QED) is 0.271. The Bertz CT molecular complexity index is 1260. The number of carbonyl (C=O) groups excluding carboxylic acids is 1. The highest BCUT2D eigenvalue weighted by Gasteiger charge is 2.24. The highest BCUT2D eigenvalue weighted by Crippen LogP contribution is 2.16. The molecule has 3 aromatic rings. The van der Waals surface area contributed by atoms with Gasteiger partial charge in [-0.3, -0.25) is 24.2 Å². The Hall–Kier alpha value is -4.59. The molecule has 0 aliphatic heterocycles. The van der Waals surface area contributed by atoms with E-state index >= 15 is 0 Å². The van der Waals surface area contributed by atoms with Crippen LogP contribution in [0.1, 0.15) is 28.9 Å². The monoisotopic (exact) mass is 456 g/mol. The standard InChI is InChI=1S/C19H18N7O7/c20-19-24-15-14(16(29)25-19)23-11(8-22-15)7-21-10-3-1-9(2-4-10)17(30)26(33)12(18(31)32)5-6-13(27)28/h1-4,8,12,21H,5-7H2,(H,27,28)(H,31,32)(H3,20,22,24,25,29)/q-1/t12-/m0/s1. The predicted octanol–water partition coefficient (Wildman–Crippen LogP) is 0.165. The molecule has 0 spiro atoms. The Morgan fingerprint density at radius 3 is 2.52 bits per heavy atom. The summed E-state index contributed by atoms with van der Waals surface area (Å²) in [4.78, 5) is 60.6. The SMILES string of the molecule is Nc1nc2ncc(CNc3ccc(C(=O)N([O-])[C@@H](CCC(=O)O)C(=O)O)cc3)nc2c(=O)[nH]1. The second kappa shape index (κ2) is 9.69. The van der Waals surface area contributed by atoms with E-state index in [1.54, 1.807) is 0 Å². The highest BCUT2D eigenvalue weighted by atomic mass is 16.5. The highest BCUT2D eigenvalue weighted by molar-refractivity contribution is 5.97. The van der Waals surface area contributed by atoms with Crippen molar-refractivity contribution in [1.29, 1.82) is 0 Å². The molecule has 0 saturated heterocycles. The van der Waals surface area contributed by atoms with E-state index in [1.165, 1.54) is 30.5 Å². The molecule has 0 aliphatic rings. The van der Waals surface area contributed by atoms with E-state index in [-0.39, 0.29) is 34.3 Å². The number of carboxylic acid groups (broad SMARTS) is 2. The first-order valence-electron chi connectivity index (χ1n) is 9.46. The van der Waals surface area contributed by atoms with Crippen molar-refractivity contribution in [2.75, 3.05) is 11.1 Å². The first-order valence-corrected chi connectivity index (χ1v) is 9.46. The van der Waals surface area contributed by atoms with Gasteiger partial charge in [0.2, 0.25) is 11.9 Å². The number of H-pyrrole nitrogens is 1. The number of hydroxylamine groups is 2. The molecule has 33 heavy (non-hydrogen) atoms. The van der Waals surface area contributed by atoms with Crippen molar-refractivity contribution in [3.8, 4) is 0 Å². The number of hydrogen-bond donors (Lipinski definition) is 5. The molecule has 172 valence electrons. The van der Waals surface area contributed by atoms with Crippen LogP contribution in [0.25, 0.3) is 11.2 Å². The number of benzene rings is 1. The third-order valence-corrected chi connectivity index (χ3v) is 4.49. The minimum Gasteiger partial charge on any atom is -0.755 e. The lowest BCUT2D eigenvalue weighted by molar-refractivity contribution is -0.142. The van der Waals surface area contributed by atoms with Crippen LogP contribution < -0.4 is 16.6 Å². The van der Waals surface area contributed by atoms with Gasteiger partial charge >= 0.3 is 11.9 Å². The maximum absolute atomic E-state index is 12.3. The smallest absolute Gasteiger partial charge is 0.325 e. The Labute approximate surface area is 184 Å². The van der Waals surface area contributed by atoms with Gasteiger partial charge in [0.1, 0.15) is 6.04 Å². The molecule has 2 aromatic heterocycles. The fraction of sp³-hybridized carbons (Fsp3) is 0.211. The van der Waals surface area contributed by atoms with E-state index in [2.05, 4.69) is 25.3 Å². The first-order chi connectivity index (χ1) is 15.7.